The molecule has 5 heteroatoms. The maximum absolute atomic E-state index is 14.0. The van der Waals surface area contributed by atoms with Gasteiger partial charge in [-0.3, -0.25) is 0 Å². The second-order valence-corrected chi connectivity index (χ2v) is 4.47. The Morgan fingerprint density at radius 2 is 2.11 bits per heavy atom. The van der Waals surface area contributed by atoms with Crippen LogP contribution in [0.4, 0.5) is 8.78 Å². The summed E-state index contributed by atoms with van der Waals surface area (Å²) in [6.07, 6.45) is 4.76. The van der Waals surface area contributed by atoms with E-state index in [9.17, 15) is 13.6 Å². The molecule has 92 valence electrons. The summed E-state index contributed by atoms with van der Waals surface area (Å²) >= 11 is 0. The van der Waals surface area contributed by atoms with E-state index in [1.807, 2.05) is 0 Å². The van der Waals surface area contributed by atoms with Crippen LogP contribution in [-0.4, -0.2) is 6.08 Å². The highest BCUT2D eigenvalue weighted by molar-refractivity contribution is 5.83. The van der Waals surface area contributed by atoms with Crippen LogP contribution < -0.4 is 0 Å². The van der Waals surface area contributed by atoms with Crippen LogP contribution in [0.15, 0.2) is 27.8 Å². The van der Waals surface area contributed by atoms with Crippen LogP contribution in [0.2, 0.25) is 0 Å². The lowest BCUT2D eigenvalue weighted by atomic mass is 9.71. The molecule has 3 nitrogen and oxygen atoms in total. The lowest BCUT2D eigenvalue weighted by Gasteiger charge is -2.37. The first-order chi connectivity index (χ1) is 8.68. The van der Waals surface area contributed by atoms with Gasteiger partial charge in [0.2, 0.25) is 6.08 Å². The van der Waals surface area contributed by atoms with E-state index in [1.165, 1.54) is 18.4 Å². The fourth-order valence-electron chi connectivity index (χ4n) is 2.56. The fourth-order valence-corrected chi connectivity index (χ4v) is 2.56. The van der Waals surface area contributed by atoms with Gasteiger partial charge >= 0.3 is 0 Å². The monoisotopic (exact) mass is 249 g/mol. The Morgan fingerprint density at radius 1 is 1.33 bits per heavy atom. The number of hydrogen-bond acceptors (Lipinski definition) is 3. The molecule has 0 amide bonds. The highest BCUT2D eigenvalue weighted by Crippen LogP contribution is 2.48. The number of furan rings is 1. The topological polar surface area (TPSA) is 42.6 Å². The normalized spacial score (nSPS) is 17.2. The molecule has 1 aromatic carbocycles. The van der Waals surface area contributed by atoms with Crippen LogP contribution in [0, 0.1) is 11.6 Å². The molecule has 0 spiro atoms. The molecule has 1 heterocycles. The number of isocyanates is 1. The van der Waals surface area contributed by atoms with E-state index < -0.39 is 17.2 Å². The van der Waals surface area contributed by atoms with Crippen molar-refractivity contribution in [2.24, 2.45) is 4.99 Å². The summed E-state index contributed by atoms with van der Waals surface area (Å²) in [7, 11) is 0. The van der Waals surface area contributed by atoms with Crippen LogP contribution in [0.25, 0.3) is 11.0 Å². The van der Waals surface area contributed by atoms with Crippen molar-refractivity contribution >= 4 is 17.0 Å². The van der Waals surface area contributed by atoms with E-state index >= 15 is 0 Å². The van der Waals surface area contributed by atoms with E-state index in [1.54, 1.807) is 0 Å². The third kappa shape index (κ3) is 1.34. The number of hydrogen-bond donors (Lipinski definition) is 0. The first-order valence-electron chi connectivity index (χ1n) is 5.63. The molecule has 1 aromatic heterocycles. The van der Waals surface area contributed by atoms with Crippen molar-refractivity contribution in [3.8, 4) is 0 Å². The second kappa shape index (κ2) is 3.75. The lowest BCUT2D eigenvalue weighted by Crippen LogP contribution is -2.33. The maximum Gasteiger partial charge on any atom is 0.235 e. The number of benzene rings is 1. The lowest BCUT2D eigenvalue weighted by molar-refractivity contribution is 0.249. The zero-order chi connectivity index (χ0) is 12.8. The Labute approximate surface area is 101 Å². The van der Waals surface area contributed by atoms with Gasteiger partial charge < -0.3 is 4.42 Å². The Bertz CT molecular complexity index is 667. The van der Waals surface area contributed by atoms with Gasteiger partial charge in [-0.25, -0.2) is 13.6 Å². The molecule has 1 fully saturated rings. The Kier molecular flexibility index (Phi) is 2.31. The molecule has 0 N–H and O–H groups in total. The summed E-state index contributed by atoms with van der Waals surface area (Å²) < 4.78 is 32.5. The number of fused-ring (bicyclic) bond motifs is 1. The van der Waals surface area contributed by atoms with E-state index in [4.69, 9.17) is 4.42 Å². The molecule has 1 aliphatic carbocycles. The van der Waals surface area contributed by atoms with Gasteiger partial charge in [-0.2, -0.15) is 4.99 Å². The average Bonchev–Trinajstić information content (AvgIpc) is 2.74. The summed E-state index contributed by atoms with van der Waals surface area (Å²) in [5.41, 5.74) is -0.664. The van der Waals surface area contributed by atoms with Crippen LogP contribution in [0.3, 0.4) is 0 Å². The van der Waals surface area contributed by atoms with Gasteiger partial charge in [0.25, 0.3) is 0 Å². The third-order valence-corrected chi connectivity index (χ3v) is 3.55. The van der Waals surface area contributed by atoms with Gasteiger partial charge in [0.05, 0.1) is 6.26 Å². The molecular formula is C13H9F2NO2. The van der Waals surface area contributed by atoms with Crippen LogP contribution >= 0.6 is 0 Å². The van der Waals surface area contributed by atoms with Gasteiger partial charge in [0, 0.05) is 17.0 Å². The summed E-state index contributed by atoms with van der Waals surface area (Å²) in [6.45, 7) is 0. The largest absolute Gasteiger partial charge is 0.461 e. The van der Waals surface area contributed by atoms with Crippen molar-refractivity contribution in [1.29, 1.82) is 0 Å². The van der Waals surface area contributed by atoms with Gasteiger partial charge in [0.15, 0.2) is 11.4 Å². The van der Waals surface area contributed by atoms with Crippen molar-refractivity contribution in [2.75, 3.05) is 0 Å². The van der Waals surface area contributed by atoms with Gasteiger partial charge in [-0.1, -0.05) is 0 Å². The van der Waals surface area contributed by atoms with Crippen molar-refractivity contribution in [1.82, 2.24) is 0 Å². The van der Waals surface area contributed by atoms with E-state index in [0.717, 1.165) is 12.5 Å². The van der Waals surface area contributed by atoms with E-state index in [2.05, 4.69) is 4.99 Å². The molecule has 0 unspecified atom stereocenters. The molecular weight excluding hydrogens is 240 g/mol. The molecule has 18 heavy (non-hydrogen) atoms. The minimum Gasteiger partial charge on any atom is -0.461 e. The van der Waals surface area contributed by atoms with Crippen LogP contribution in [0.1, 0.15) is 24.8 Å². The van der Waals surface area contributed by atoms with Crippen LogP contribution in [0.5, 0.6) is 0 Å². The Morgan fingerprint density at radius 3 is 2.72 bits per heavy atom. The molecule has 0 bridgehead atoms. The summed E-state index contributed by atoms with van der Waals surface area (Å²) in [4.78, 5) is 14.3. The summed E-state index contributed by atoms with van der Waals surface area (Å²) in [6, 6.07) is 2.28. The molecule has 0 saturated heterocycles. The SMILES string of the molecule is O=C=NC1(c2c(F)cc(F)c3occc23)CCC1. The second-order valence-electron chi connectivity index (χ2n) is 4.47. The fraction of sp³-hybridized carbons (Fsp3) is 0.308. The third-order valence-electron chi connectivity index (χ3n) is 3.55. The number of rotatable bonds is 2. The van der Waals surface area contributed by atoms with Crippen molar-refractivity contribution < 1.29 is 18.0 Å². The maximum atomic E-state index is 14.0. The standard InChI is InChI=1S/C13H9F2NO2/c14-9-6-10(15)12-8(2-5-18-12)11(9)13(16-7-17)3-1-4-13/h2,5-6H,1,3-4H2. The molecule has 0 radical (unpaired) electrons. The van der Waals surface area contributed by atoms with E-state index in [0.29, 0.717) is 18.2 Å². The first-order valence-corrected chi connectivity index (χ1v) is 5.63. The summed E-state index contributed by atoms with van der Waals surface area (Å²) in [5.74, 6) is -1.44. The van der Waals surface area contributed by atoms with Gasteiger partial charge in [0.1, 0.15) is 11.4 Å². The molecule has 3 rings (SSSR count). The molecule has 0 aliphatic heterocycles. The highest BCUT2D eigenvalue weighted by Gasteiger charge is 2.43. The molecule has 1 aliphatic rings. The Hall–Kier alpha value is -2.00. The van der Waals surface area contributed by atoms with Crippen molar-refractivity contribution in [3.05, 3.63) is 35.6 Å². The minimum atomic E-state index is -0.901. The number of aliphatic imine (C=N–C) groups is 1. The zero-order valence-corrected chi connectivity index (χ0v) is 9.37. The minimum absolute atomic E-state index is 0.00114. The quantitative estimate of drug-likeness (QED) is 0.604. The van der Waals surface area contributed by atoms with E-state index in [-0.39, 0.29) is 11.1 Å². The average molecular weight is 249 g/mol. The number of halogens is 2. The zero-order valence-electron chi connectivity index (χ0n) is 9.37. The molecule has 2 aromatic rings. The van der Waals surface area contributed by atoms with Crippen molar-refractivity contribution in [3.63, 3.8) is 0 Å². The molecule has 1 saturated carbocycles. The Balaban J connectivity index is 2.34. The smallest absolute Gasteiger partial charge is 0.235 e. The van der Waals surface area contributed by atoms with Crippen molar-refractivity contribution in [2.45, 2.75) is 24.8 Å². The number of nitrogens with zero attached hydrogens (tertiary/aromatic N) is 1. The van der Waals surface area contributed by atoms with Gasteiger partial charge in [-0.15, -0.1) is 0 Å². The van der Waals surface area contributed by atoms with Crippen LogP contribution in [-0.2, 0) is 10.3 Å². The highest BCUT2D eigenvalue weighted by atomic mass is 19.1. The number of carbonyl (C=O) groups excluding carboxylic acids is 1. The summed E-state index contributed by atoms with van der Waals surface area (Å²) in [5, 5.41) is 0.339. The predicted molar refractivity (Wildman–Crippen MR) is 59.8 cm³/mol. The predicted octanol–water partition coefficient (Wildman–Crippen LogP) is 3.43. The molecule has 0 atom stereocenters. The first kappa shape index (κ1) is 11.1. The van der Waals surface area contributed by atoms with Gasteiger partial charge in [-0.05, 0) is 25.3 Å².